The van der Waals surface area contributed by atoms with Crippen LogP contribution in [0.1, 0.15) is 36.6 Å². The van der Waals surface area contributed by atoms with Crippen molar-refractivity contribution in [3.63, 3.8) is 0 Å². The molecule has 1 aromatic carbocycles. The second-order valence-electron chi connectivity index (χ2n) is 4.88. The van der Waals surface area contributed by atoms with Gasteiger partial charge in [-0.25, -0.2) is 4.68 Å². The number of rotatable bonds is 2. The molecule has 18 heavy (non-hydrogen) atoms. The zero-order valence-corrected chi connectivity index (χ0v) is 10.8. The Morgan fingerprint density at radius 1 is 1.22 bits per heavy atom. The first kappa shape index (κ1) is 11.5. The minimum Gasteiger partial charge on any atom is -0.313 e. The smallest absolute Gasteiger partial charge is 0.0648 e. The van der Waals surface area contributed by atoms with Crippen LogP contribution in [0.4, 0.5) is 0 Å². The Morgan fingerprint density at radius 3 is 2.83 bits per heavy atom. The number of nitrogens with zero attached hydrogens (tertiary/aromatic N) is 2. The Balaban J connectivity index is 2.06. The van der Waals surface area contributed by atoms with Crippen LogP contribution < -0.4 is 5.32 Å². The lowest BCUT2D eigenvalue weighted by atomic mass is 10.1. The van der Waals surface area contributed by atoms with Gasteiger partial charge in [-0.3, -0.25) is 0 Å². The molecule has 1 aromatic heterocycles. The van der Waals surface area contributed by atoms with Gasteiger partial charge in [-0.2, -0.15) is 5.10 Å². The first-order valence-electron chi connectivity index (χ1n) is 6.69. The van der Waals surface area contributed by atoms with Crippen molar-refractivity contribution in [2.75, 3.05) is 7.05 Å². The van der Waals surface area contributed by atoms with Gasteiger partial charge in [0.1, 0.15) is 0 Å². The Kier molecular flexibility index (Phi) is 3.15. The topological polar surface area (TPSA) is 29.9 Å². The van der Waals surface area contributed by atoms with Crippen LogP contribution >= 0.6 is 0 Å². The molecule has 2 aromatic rings. The fraction of sp³-hybridized carbons (Fsp3) is 0.400. The van der Waals surface area contributed by atoms with E-state index in [0.717, 1.165) is 12.1 Å². The third kappa shape index (κ3) is 1.95. The maximum Gasteiger partial charge on any atom is 0.0648 e. The maximum atomic E-state index is 4.58. The van der Waals surface area contributed by atoms with Crippen molar-refractivity contribution in [1.82, 2.24) is 15.1 Å². The van der Waals surface area contributed by atoms with E-state index in [0.29, 0.717) is 6.04 Å². The van der Waals surface area contributed by atoms with E-state index in [4.69, 9.17) is 0 Å². The van der Waals surface area contributed by atoms with Crippen LogP contribution in [0.2, 0.25) is 0 Å². The summed E-state index contributed by atoms with van der Waals surface area (Å²) in [5, 5.41) is 8.00. The predicted octanol–water partition coefficient (Wildman–Crippen LogP) is 2.86. The van der Waals surface area contributed by atoms with Crippen LogP contribution in [0.25, 0.3) is 5.69 Å². The van der Waals surface area contributed by atoms with E-state index in [9.17, 15) is 0 Å². The second-order valence-corrected chi connectivity index (χ2v) is 4.88. The molecule has 1 aliphatic carbocycles. The van der Waals surface area contributed by atoms with Gasteiger partial charge >= 0.3 is 0 Å². The van der Waals surface area contributed by atoms with Gasteiger partial charge in [-0.05, 0) is 38.4 Å². The SMILES string of the molecule is CNC1CCCCc2c1cnn2-c1ccccc1. The van der Waals surface area contributed by atoms with Crippen molar-refractivity contribution in [3.8, 4) is 5.69 Å². The molecule has 0 saturated heterocycles. The summed E-state index contributed by atoms with van der Waals surface area (Å²) in [7, 11) is 2.04. The van der Waals surface area contributed by atoms with Gasteiger partial charge in [0.05, 0.1) is 11.9 Å². The molecular formula is C15H19N3. The minimum atomic E-state index is 0.458. The highest BCUT2D eigenvalue weighted by atomic mass is 15.3. The lowest BCUT2D eigenvalue weighted by Gasteiger charge is -2.13. The largest absolute Gasteiger partial charge is 0.313 e. The number of para-hydroxylation sites is 1. The summed E-state index contributed by atoms with van der Waals surface area (Å²) in [6.07, 6.45) is 6.92. The highest BCUT2D eigenvalue weighted by Crippen LogP contribution is 2.29. The number of benzene rings is 1. The summed E-state index contributed by atoms with van der Waals surface area (Å²) in [5.41, 5.74) is 3.91. The van der Waals surface area contributed by atoms with Crippen LogP contribution in [-0.2, 0) is 6.42 Å². The van der Waals surface area contributed by atoms with Crippen molar-refractivity contribution in [1.29, 1.82) is 0 Å². The normalized spacial score (nSPS) is 19.3. The van der Waals surface area contributed by atoms with Crippen LogP contribution in [0.3, 0.4) is 0 Å². The summed E-state index contributed by atoms with van der Waals surface area (Å²) < 4.78 is 2.10. The van der Waals surface area contributed by atoms with E-state index >= 15 is 0 Å². The van der Waals surface area contributed by atoms with E-state index in [1.807, 2.05) is 19.3 Å². The first-order chi connectivity index (χ1) is 8.90. The van der Waals surface area contributed by atoms with E-state index in [1.165, 1.54) is 30.5 Å². The Labute approximate surface area is 108 Å². The average Bonchev–Trinajstić information content (AvgIpc) is 2.73. The van der Waals surface area contributed by atoms with Gasteiger partial charge in [0.15, 0.2) is 0 Å². The van der Waals surface area contributed by atoms with Crippen molar-refractivity contribution in [3.05, 3.63) is 47.8 Å². The summed E-state index contributed by atoms with van der Waals surface area (Å²) in [6.45, 7) is 0. The monoisotopic (exact) mass is 241 g/mol. The van der Waals surface area contributed by atoms with Crippen LogP contribution in [-0.4, -0.2) is 16.8 Å². The number of fused-ring (bicyclic) bond motifs is 1. The van der Waals surface area contributed by atoms with Gasteiger partial charge in [-0.1, -0.05) is 24.6 Å². The van der Waals surface area contributed by atoms with E-state index in [1.54, 1.807) is 0 Å². The summed E-state index contributed by atoms with van der Waals surface area (Å²) in [6, 6.07) is 10.9. The molecule has 0 radical (unpaired) electrons. The molecule has 3 heteroatoms. The number of aromatic nitrogens is 2. The van der Waals surface area contributed by atoms with Crippen molar-refractivity contribution >= 4 is 0 Å². The molecule has 0 spiro atoms. The van der Waals surface area contributed by atoms with Crippen LogP contribution in [0.5, 0.6) is 0 Å². The molecule has 1 N–H and O–H groups in total. The van der Waals surface area contributed by atoms with Gasteiger partial charge in [0.25, 0.3) is 0 Å². The highest BCUT2D eigenvalue weighted by Gasteiger charge is 2.21. The minimum absolute atomic E-state index is 0.458. The molecule has 3 rings (SSSR count). The molecule has 0 fully saturated rings. The Morgan fingerprint density at radius 2 is 2.06 bits per heavy atom. The third-order valence-corrected chi connectivity index (χ3v) is 3.78. The Bertz CT molecular complexity index is 516. The van der Waals surface area contributed by atoms with E-state index in [2.05, 4.69) is 39.4 Å². The fourth-order valence-electron chi connectivity index (χ4n) is 2.82. The molecular weight excluding hydrogens is 222 g/mol. The molecule has 1 unspecified atom stereocenters. The van der Waals surface area contributed by atoms with E-state index in [-0.39, 0.29) is 0 Å². The molecule has 94 valence electrons. The molecule has 0 aliphatic heterocycles. The van der Waals surface area contributed by atoms with Gasteiger partial charge in [0, 0.05) is 17.3 Å². The summed E-state index contributed by atoms with van der Waals surface area (Å²) in [4.78, 5) is 0. The molecule has 0 amide bonds. The fourth-order valence-corrected chi connectivity index (χ4v) is 2.82. The van der Waals surface area contributed by atoms with Crippen molar-refractivity contribution in [2.24, 2.45) is 0 Å². The van der Waals surface area contributed by atoms with Crippen LogP contribution in [0, 0.1) is 0 Å². The zero-order chi connectivity index (χ0) is 12.4. The highest BCUT2D eigenvalue weighted by molar-refractivity contribution is 5.36. The molecule has 1 heterocycles. The molecule has 1 atom stereocenters. The van der Waals surface area contributed by atoms with Crippen LogP contribution in [0.15, 0.2) is 36.5 Å². The van der Waals surface area contributed by atoms with E-state index < -0.39 is 0 Å². The number of nitrogens with one attached hydrogen (secondary N) is 1. The third-order valence-electron chi connectivity index (χ3n) is 3.78. The lowest BCUT2D eigenvalue weighted by molar-refractivity contribution is 0.533. The second kappa shape index (κ2) is 4.94. The standard InChI is InChI=1S/C15H19N3/c1-16-14-9-5-6-10-15-13(14)11-17-18(15)12-7-3-2-4-8-12/h2-4,7-8,11,14,16H,5-6,9-10H2,1H3. The molecule has 0 saturated carbocycles. The van der Waals surface area contributed by atoms with Crippen molar-refractivity contribution < 1.29 is 0 Å². The summed E-state index contributed by atoms with van der Waals surface area (Å²) >= 11 is 0. The summed E-state index contributed by atoms with van der Waals surface area (Å²) in [5.74, 6) is 0. The zero-order valence-electron chi connectivity index (χ0n) is 10.8. The maximum absolute atomic E-state index is 4.58. The van der Waals surface area contributed by atoms with Crippen molar-refractivity contribution in [2.45, 2.75) is 31.7 Å². The molecule has 1 aliphatic rings. The quantitative estimate of drug-likeness (QED) is 0.819. The van der Waals surface area contributed by atoms with Gasteiger partial charge in [-0.15, -0.1) is 0 Å². The lowest BCUT2D eigenvalue weighted by Crippen LogP contribution is -2.16. The number of hydrogen-bond donors (Lipinski definition) is 1. The van der Waals surface area contributed by atoms with Gasteiger partial charge in [0.2, 0.25) is 0 Å². The molecule has 3 nitrogen and oxygen atoms in total. The first-order valence-corrected chi connectivity index (χ1v) is 6.69. The van der Waals surface area contributed by atoms with Gasteiger partial charge < -0.3 is 5.32 Å². The molecule has 0 bridgehead atoms. The number of hydrogen-bond acceptors (Lipinski definition) is 2. The average molecular weight is 241 g/mol. The predicted molar refractivity (Wildman–Crippen MR) is 72.9 cm³/mol. The Hall–Kier alpha value is -1.61.